The number of pyridine rings is 1. The van der Waals surface area contributed by atoms with Crippen LogP contribution in [0.1, 0.15) is 0 Å². The molecule has 3 aromatic heterocycles. The highest BCUT2D eigenvalue weighted by Crippen LogP contribution is 2.39. The van der Waals surface area contributed by atoms with Crippen molar-refractivity contribution in [3.05, 3.63) is 176 Å². The number of aromatic nitrogens is 3. The summed E-state index contributed by atoms with van der Waals surface area (Å²) in [4.78, 5) is 4.74. The van der Waals surface area contributed by atoms with E-state index in [0.717, 1.165) is 22.4 Å². The minimum Gasteiger partial charge on any atom is -0.309 e. The van der Waals surface area contributed by atoms with E-state index in [1.165, 1.54) is 65.6 Å². The molecular weight excluding hydrogens is 583 g/mol. The van der Waals surface area contributed by atoms with Crippen LogP contribution < -0.4 is 0 Å². The van der Waals surface area contributed by atoms with Crippen molar-refractivity contribution in [1.29, 1.82) is 0 Å². The average Bonchev–Trinajstić information content (AvgIpc) is 3.68. The van der Waals surface area contributed by atoms with E-state index in [1.807, 2.05) is 12.4 Å². The largest absolute Gasteiger partial charge is 0.309 e. The third-order valence-corrected chi connectivity index (χ3v) is 9.81. The minimum atomic E-state index is 1.09. The number of benzene rings is 7. The fourth-order valence-corrected chi connectivity index (χ4v) is 7.66. The number of rotatable bonds is 4. The van der Waals surface area contributed by atoms with Crippen LogP contribution in [0.3, 0.4) is 0 Å². The molecule has 0 atom stereocenters. The summed E-state index contributed by atoms with van der Waals surface area (Å²) in [5.74, 6) is 0. The highest BCUT2D eigenvalue weighted by atomic mass is 15.0. The van der Waals surface area contributed by atoms with E-state index in [9.17, 15) is 0 Å². The lowest BCUT2D eigenvalue weighted by Crippen LogP contribution is -1.96. The average molecular weight is 612 g/mol. The highest BCUT2D eigenvalue weighted by molar-refractivity contribution is 6.12. The third-order valence-electron chi connectivity index (χ3n) is 9.81. The Bertz CT molecular complexity index is 2730. The Morgan fingerprint density at radius 1 is 0.333 bits per heavy atom. The Labute approximate surface area is 277 Å². The number of para-hydroxylation sites is 4. The van der Waals surface area contributed by atoms with Gasteiger partial charge in [0.05, 0.1) is 27.8 Å². The first kappa shape index (κ1) is 26.7. The van der Waals surface area contributed by atoms with Gasteiger partial charge in [0.2, 0.25) is 0 Å². The molecule has 0 fully saturated rings. The summed E-state index contributed by atoms with van der Waals surface area (Å²) >= 11 is 0. The molecule has 0 amide bonds. The standard InChI is InChI=1S/C45H29N3/c1-2-12-36-35(11-1)34(25-26-45(36)48-43-19-9-5-15-39(43)40-16-6-10-20-44(40)48)32-27-31(28-46-29-32)30-21-23-33(24-22-30)47-41-17-7-3-13-37(41)38-14-4-8-18-42(38)47/h1-29H. The van der Waals surface area contributed by atoms with Gasteiger partial charge < -0.3 is 9.13 Å². The van der Waals surface area contributed by atoms with Crippen molar-refractivity contribution >= 4 is 54.4 Å². The number of hydrogen-bond acceptors (Lipinski definition) is 1. The molecule has 0 bridgehead atoms. The van der Waals surface area contributed by atoms with Crippen LogP contribution in [0.25, 0.3) is 88.0 Å². The second-order valence-corrected chi connectivity index (χ2v) is 12.4. The van der Waals surface area contributed by atoms with Gasteiger partial charge in [0.1, 0.15) is 0 Å². The normalized spacial score (nSPS) is 11.8. The van der Waals surface area contributed by atoms with Crippen LogP contribution in [0.5, 0.6) is 0 Å². The van der Waals surface area contributed by atoms with Crippen LogP contribution in [0.15, 0.2) is 176 Å². The fourth-order valence-electron chi connectivity index (χ4n) is 7.66. The van der Waals surface area contributed by atoms with Crippen LogP contribution in [-0.4, -0.2) is 14.1 Å². The molecular formula is C45H29N3. The molecule has 0 radical (unpaired) electrons. The third kappa shape index (κ3) is 3.98. The lowest BCUT2D eigenvalue weighted by Gasteiger charge is -2.15. The predicted molar refractivity (Wildman–Crippen MR) is 201 cm³/mol. The molecule has 3 heterocycles. The molecule has 3 nitrogen and oxygen atoms in total. The summed E-state index contributed by atoms with van der Waals surface area (Å²) in [7, 11) is 0. The van der Waals surface area contributed by atoms with Gasteiger partial charge in [0.25, 0.3) is 0 Å². The van der Waals surface area contributed by atoms with Crippen LogP contribution in [0.2, 0.25) is 0 Å². The molecule has 0 aliphatic carbocycles. The van der Waals surface area contributed by atoms with Gasteiger partial charge in [-0.2, -0.15) is 0 Å². The molecule has 0 saturated carbocycles. The van der Waals surface area contributed by atoms with Gasteiger partial charge in [-0.3, -0.25) is 4.98 Å². The second kappa shape index (κ2) is 10.5. The van der Waals surface area contributed by atoms with Crippen molar-refractivity contribution in [2.24, 2.45) is 0 Å². The van der Waals surface area contributed by atoms with Crippen LogP contribution in [0, 0.1) is 0 Å². The van der Waals surface area contributed by atoms with Gasteiger partial charge in [-0.25, -0.2) is 0 Å². The maximum Gasteiger partial charge on any atom is 0.0541 e. The quantitative estimate of drug-likeness (QED) is 0.194. The maximum absolute atomic E-state index is 4.74. The first-order valence-corrected chi connectivity index (χ1v) is 16.4. The van der Waals surface area contributed by atoms with Crippen molar-refractivity contribution in [2.45, 2.75) is 0 Å². The lowest BCUT2D eigenvalue weighted by molar-refractivity contribution is 1.18. The Kier molecular flexibility index (Phi) is 5.87. The SMILES string of the molecule is c1ccc2c(-n3c4ccccc4c4ccccc43)ccc(-c3cncc(-c4ccc(-n5c6ccccc6c6ccccc65)cc4)c3)c2c1. The molecule has 0 unspecified atom stereocenters. The zero-order valence-electron chi connectivity index (χ0n) is 26.1. The van der Waals surface area contributed by atoms with Crippen molar-refractivity contribution < 1.29 is 0 Å². The molecule has 10 rings (SSSR count). The summed E-state index contributed by atoms with van der Waals surface area (Å²) in [5.41, 5.74) is 11.7. The highest BCUT2D eigenvalue weighted by Gasteiger charge is 2.16. The van der Waals surface area contributed by atoms with Crippen LogP contribution in [-0.2, 0) is 0 Å². The second-order valence-electron chi connectivity index (χ2n) is 12.4. The van der Waals surface area contributed by atoms with Gasteiger partial charge in [-0.05, 0) is 65.0 Å². The van der Waals surface area contributed by atoms with E-state index in [-0.39, 0.29) is 0 Å². The molecule has 48 heavy (non-hydrogen) atoms. The Morgan fingerprint density at radius 2 is 0.792 bits per heavy atom. The summed E-state index contributed by atoms with van der Waals surface area (Å²) < 4.78 is 4.76. The number of nitrogens with zero attached hydrogens (tertiary/aromatic N) is 3. The molecule has 0 spiro atoms. The Hall–Kier alpha value is -6.45. The topological polar surface area (TPSA) is 22.8 Å². The van der Waals surface area contributed by atoms with E-state index in [1.54, 1.807) is 0 Å². The molecule has 0 saturated heterocycles. The predicted octanol–water partition coefficient (Wildman–Crippen LogP) is 11.8. The molecule has 0 aliphatic rings. The van der Waals surface area contributed by atoms with Crippen molar-refractivity contribution in [3.63, 3.8) is 0 Å². The summed E-state index contributed by atoms with van der Waals surface area (Å²) in [6.07, 6.45) is 3.95. The van der Waals surface area contributed by atoms with E-state index in [2.05, 4.69) is 173 Å². The van der Waals surface area contributed by atoms with E-state index >= 15 is 0 Å². The molecule has 0 aliphatic heterocycles. The molecule has 10 aromatic rings. The van der Waals surface area contributed by atoms with Crippen molar-refractivity contribution in [1.82, 2.24) is 14.1 Å². The summed E-state index contributed by atoms with van der Waals surface area (Å²) in [5, 5.41) is 7.49. The Balaban J connectivity index is 1.08. The first-order chi connectivity index (χ1) is 23.8. The molecule has 7 aromatic carbocycles. The Morgan fingerprint density at radius 3 is 1.35 bits per heavy atom. The summed E-state index contributed by atoms with van der Waals surface area (Å²) in [6, 6.07) is 59.0. The van der Waals surface area contributed by atoms with Gasteiger partial charge in [0, 0.05) is 56.1 Å². The van der Waals surface area contributed by atoms with Gasteiger partial charge in [-0.15, -0.1) is 0 Å². The maximum atomic E-state index is 4.74. The van der Waals surface area contributed by atoms with Gasteiger partial charge in [-0.1, -0.05) is 115 Å². The first-order valence-electron chi connectivity index (χ1n) is 16.4. The minimum absolute atomic E-state index is 1.09. The lowest BCUT2D eigenvalue weighted by atomic mass is 9.96. The number of fused-ring (bicyclic) bond motifs is 7. The van der Waals surface area contributed by atoms with Gasteiger partial charge >= 0.3 is 0 Å². The van der Waals surface area contributed by atoms with Crippen LogP contribution in [0.4, 0.5) is 0 Å². The molecule has 224 valence electrons. The molecule has 3 heteroatoms. The van der Waals surface area contributed by atoms with Gasteiger partial charge in [0.15, 0.2) is 0 Å². The van der Waals surface area contributed by atoms with Crippen LogP contribution >= 0.6 is 0 Å². The zero-order chi connectivity index (χ0) is 31.6. The summed E-state index contributed by atoms with van der Waals surface area (Å²) in [6.45, 7) is 0. The zero-order valence-corrected chi connectivity index (χ0v) is 26.1. The van der Waals surface area contributed by atoms with Crippen molar-refractivity contribution in [2.75, 3.05) is 0 Å². The fraction of sp³-hybridized carbons (Fsp3) is 0. The molecule has 0 N–H and O–H groups in total. The van der Waals surface area contributed by atoms with E-state index < -0.39 is 0 Å². The monoisotopic (exact) mass is 611 g/mol. The van der Waals surface area contributed by atoms with E-state index in [4.69, 9.17) is 4.98 Å². The van der Waals surface area contributed by atoms with E-state index in [0.29, 0.717) is 0 Å². The number of hydrogen-bond donors (Lipinski definition) is 0. The van der Waals surface area contributed by atoms with Crippen molar-refractivity contribution in [3.8, 4) is 33.6 Å². The smallest absolute Gasteiger partial charge is 0.0541 e.